The van der Waals surface area contributed by atoms with Gasteiger partial charge in [0.25, 0.3) is 0 Å². The zero-order chi connectivity index (χ0) is 30.8. The third kappa shape index (κ3) is 12.4. The number of Topliss-reactive ketones (excluding diaryl/α,β-unsaturated/α-hetero) is 1. The topological polar surface area (TPSA) is 88.1 Å². The third-order valence-electron chi connectivity index (χ3n) is 8.30. The summed E-state index contributed by atoms with van der Waals surface area (Å²) in [4.78, 5) is 41.6. The van der Waals surface area contributed by atoms with Crippen LogP contribution in [0.4, 0.5) is 4.39 Å². The lowest BCUT2D eigenvalue weighted by Gasteiger charge is -2.45. The number of rotatable bonds is 9. The first-order valence-electron chi connectivity index (χ1n) is 16.2. The number of aliphatic imine (C=N–C) groups is 1. The Kier molecular flexibility index (Phi) is 18.7. The molecule has 3 aliphatic carbocycles. The number of ether oxygens (including phenoxy) is 1. The number of nitrogens with one attached hydrogen (secondary N) is 1. The molecule has 0 aliphatic heterocycles. The van der Waals surface area contributed by atoms with Gasteiger partial charge in [0.05, 0.1) is 11.7 Å². The van der Waals surface area contributed by atoms with Crippen LogP contribution in [0, 0.1) is 5.92 Å². The Morgan fingerprint density at radius 1 is 1.00 bits per heavy atom. The molecular formula is C33H58FN3O4. The number of allylic oxidation sites excluding steroid dienone is 1. The van der Waals surface area contributed by atoms with Crippen molar-refractivity contribution in [3.8, 4) is 0 Å². The number of nitrogens with zero attached hydrogens (tertiary/aromatic N) is 2. The van der Waals surface area contributed by atoms with E-state index in [4.69, 9.17) is 14.5 Å². The Bertz CT molecular complexity index is 830. The first kappa shape index (κ1) is 36.9. The van der Waals surface area contributed by atoms with Crippen LogP contribution >= 0.6 is 0 Å². The molecule has 3 rings (SSSR count). The van der Waals surface area contributed by atoms with Crippen LogP contribution in [0.3, 0.4) is 0 Å². The van der Waals surface area contributed by atoms with Gasteiger partial charge in [0.15, 0.2) is 5.78 Å². The minimum atomic E-state index is -1.21. The van der Waals surface area contributed by atoms with Crippen LogP contribution < -0.4 is 5.32 Å². The summed E-state index contributed by atoms with van der Waals surface area (Å²) in [7, 11) is 1.74. The molecule has 0 aromatic heterocycles. The summed E-state index contributed by atoms with van der Waals surface area (Å²) >= 11 is 0. The fourth-order valence-electron chi connectivity index (χ4n) is 6.45. The highest BCUT2D eigenvalue weighted by Crippen LogP contribution is 2.33. The van der Waals surface area contributed by atoms with E-state index in [9.17, 15) is 14.0 Å². The molecule has 0 aromatic rings. The van der Waals surface area contributed by atoms with E-state index in [2.05, 4.69) is 10.2 Å². The van der Waals surface area contributed by atoms with E-state index in [0.29, 0.717) is 24.0 Å². The zero-order valence-corrected chi connectivity index (χ0v) is 26.9. The van der Waals surface area contributed by atoms with Crippen molar-refractivity contribution in [1.29, 1.82) is 0 Å². The Labute approximate surface area is 249 Å². The van der Waals surface area contributed by atoms with Crippen LogP contribution in [-0.2, 0) is 19.1 Å². The molecule has 0 heterocycles. The van der Waals surface area contributed by atoms with Gasteiger partial charge < -0.3 is 19.7 Å². The molecule has 3 unspecified atom stereocenters. The van der Waals surface area contributed by atoms with E-state index in [1.807, 2.05) is 20.8 Å². The normalized spacial score (nSPS) is 26.3. The molecule has 3 saturated carbocycles. The van der Waals surface area contributed by atoms with Gasteiger partial charge in [-0.1, -0.05) is 39.5 Å². The molecular weight excluding hydrogens is 521 g/mol. The molecule has 0 radical (unpaired) electrons. The molecule has 1 amide bonds. The van der Waals surface area contributed by atoms with E-state index in [0.717, 1.165) is 70.5 Å². The second kappa shape index (κ2) is 20.7. The summed E-state index contributed by atoms with van der Waals surface area (Å²) in [5.41, 5.74) is 0.415. The van der Waals surface area contributed by atoms with Gasteiger partial charge in [0.1, 0.15) is 18.3 Å². The van der Waals surface area contributed by atoms with Gasteiger partial charge >= 0.3 is 0 Å². The minimum absolute atomic E-state index is 0.0504. The molecule has 3 atom stereocenters. The average Bonchev–Trinajstić information content (AvgIpc) is 2.98. The highest BCUT2D eigenvalue weighted by molar-refractivity contribution is 6.20. The highest BCUT2D eigenvalue weighted by Gasteiger charge is 2.36. The molecule has 8 heteroatoms. The quantitative estimate of drug-likeness (QED) is 0.141. The van der Waals surface area contributed by atoms with Crippen LogP contribution in [-0.4, -0.2) is 72.8 Å². The van der Waals surface area contributed by atoms with Crippen molar-refractivity contribution >= 4 is 23.8 Å². The van der Waals surface area contributed by atoms with Gasteiger partial charge in [-0.05, 0) is 91.6 Å². The maximum atomic E-state index is 14.1. The lowest BCUT2D eigenvalue weighted by Crippen LogP contribution is -2.52. The minimum Gasteiger partial charge on any atom is -0.381 e. The molecule has 0 spiro atoms. The van der Waals surface area contributed by atoms with Gasteiger partial charge in [0, 0.05) is 37.7 Å². The van der Waals surface area contributed by atoms with Crippen molar-refractivity contribution in [1.82, 2.24) is 10.2 Å². The molecule has 236 valence electrons. The van der Waals surface area contributed by atoms with Crippen LogP contribution in [0.2, 0.25) is 0 Å². The van der Waals surface area contributed by atoms with Crippen molar-refractivity contribution in [2.24, 2.45) is 10.9 Å². The number of amidine groups is 1. The molecule has 3 aliphatic rings. The summed E-state index contributed by atoms with van der Waals surface area (Å²) in [6.07, 6.45) is 14.5. The number of aldehydes is 1. The maximum absolute atomic E-state index is 14.1. The summed E-state index contributed by atoms with van der Waals surface area (Å²) < 4.78 is 19.6. The Morgan fingerprint density at radius 2 is 1.59 bits per heavy atom. The van der Waals surface area contributed by atoms with Crippen molar-refractivity contribution in [3.63, 3.8) is 0 Å². The fourth-order valence-corrected chi connectivity index (χ4v) is 6.45. The number of hydrogen-bond donors (Lipinski definition) is 1. The predicted molar refractivity (Wildman–Crippen MR) is 166 cm³/mol. The molecule has 0 aromatic carbocycles. The number of amides is 1. The molecule has 3 fully saturated rings. The van der Waals surface area contributed by atoms with E-state index in [1.165, 1.54) is 46.1 Å². The number of carbonyl (C=O) groups excluding carboxylic acids is 3. The Balaban J connectivity index is 0.00000157. The molecule has 7 nitrogen and oxygen atoms in total. The molecule has 0 saturated heterocycles. The van der Waals surface area contributed by atoms with Crippen LogP contribution in [0.15, 0.2) is 16.6 Å². The van der Waals surface area contributed by atoms with E-state index >= 15 is 0 Å². The molecule has 0 bridgehead atoms. The van der Waals surface area contributed by atoms with Gasteiger partial charge in [-0.3, -0.25) is 14.6 Å². The molecule has 1 N–H and O–H groups in total. The van der Waals surface area contributed by atoms with Gasteiger partial charge in [0.2, 0.25) is 5.91 Å². The smallest absolute Gasteiger partial charge is 0.223 e. The summed E-state index contributed by atoms with van der Waals surface area (Å²) in [5.74, 6) is 0.780. The fraction of sp³-hybridized carbons (Fsp3) is 0.818. The Hall–Kier alpha value is -2.09. The lowest BCUT2D eigenvalue weighted by atomic mass is 9.84. The van der Waals surface area contributed by atoms with Crippen LogP contribution in [0.25, 0.3) is 0 Å². The standard InChI is InChI=1S/C29H48FN3O3.C2H4O.C2H6/c1-5-31-28(27(21(3)34)18-20(2)30)33(24-11-7-6-8-12-24)25-16-14-23(15-17-25)32-29(35)22-10-9-13-26(19-22)36-4;1-2-3;1-2/h18,20,22-26H,5-17,19H2,1-4H3,(H,32,35);2H,1H3;1-2H3/b27-18-,31-28?;;. The summed E-state index contributed by atoms with van der Waals surface area (Å²) in [6, 6.07) is 0.757. The summed E-state index contributed by atoms with van der Waals surface area (Å²) in [5, 5.41) is 3.34. The van der Waals surface area contributed by atoms with Crippen molar-refractivity contribution in [3.05, 3.63) is 11.6 Å². The average molecular weight is 580 g/mol. The SMILES string of the molecule is CC.CC=O.CCN=C(/C(=C\C(C)F)C(C)=O)N(C1CCCCC1)C1CCC(NC(=O)C2CCCC(OC)C2)CC1. The van der Waals surface area contributed by atoms with Gasteiger partial charge in [-0.25, -0.2) is 4.39 Å². The van der Waals surface area contributed by atoms with Crippen molar-refractivity contribution in [2.75, 3.05) is 13.7 Å². The highest BCUT2D eigenvalue weighted by atomic mass is 19.1. The first-order chi connectivity index (χ1) is 19.7. The van der Waals surface area contributed by atoms with E-state index in [1.54, 1.807) is 7.11 Å². The Morgan fingerprint density at radius 3 is 2.10 bits per heavy atom. The second-order valence-electron chi connectivity index (χ2n) is 11.3. The zero-order valence-electron chi connectivity index (χ0n) is 26.9. The lowest BCUT2D eigenvalue weighted by molar-refractivity contribution is -0.128. The number of hydrogen-bond acceptors (Lipinski definition) is 5. The van der Waals surface area contributed by atoms with Crippen LogP contribution in [0.5, 0.6) is 0 Å². The molecule has 41 heavy (non-hydrogen) atoms. The van der Waals surface area contributed by atoms with Gasteiger partial charge in [-0.2, -0.15) is 0 Å². The van der Waals surface area contributed by atoms with Crippen molar-refractivity contribution in [2.45, 2.75) is 155 Å². The van der Waals surface area contributed by atoms with E-state index in [-0.39, 0.29) is 35.8 Å². The van der Waals surface area contributed by atoms with Crippen molar-refractivity contribution < 1.29 is 23.5 Å². The van der Waals surface area contributed by atoms with Crippen LogP contribution in [0.1, 0.15) is 125 Å². The number of alkyl halides is 1. The monoisotopic (exact) mass is 579 g/mol. The number of methoxy groups -OCH3 is 1. The largest absolute Gasteiger partial charge is 0.381 e. The second-order valence-corrected chi connectivity index (χ2v) is 11.3. The summed E-state index contributed by atoms with van der Waals surface area (Å²) in [6.45, 7) is 11.0. The first-order valence-corrected chi connectivity index (χ1v) is 16.2. The van der Waals surface area contributed by atoms with Gasteiger partial charge in [-0.15, -0.1) is 0 Å². The number of ketones is 1. The third-order valence-corrected chi connectivity index (χ3v) is 8.30. The maximum Gasteiger partial charge on any atom is 0.223 e. The number of carbonyl (C=O) groups is 3. The predicted octanol–water partition coefficient (Wildman–Crippen LogP) is 6.78. The number of halogens is 1. The van der Waals surface area contributed by atoms with E-state index < -0.39 is 6.17 Å².